The van der Waals surface area contributed by atoms with E-state index in [1.807, 2.05) is 32.1 Å². The Morgan fingerprint density at radius 2 is 2.10 bits per heavy atom. The summed E-state index contributed by atoms with van der Waals surface area (Å²) in [6.07, 6.45) is 1.83. The Balaban J connectivity index is 1.86. The highest BCUT2D eigenvalue weighted by Crippen LogP contribution is 2.25. The summed E-state index contributed by atoms with van der Waals surface area (Å²) >= 11 is 0. The number of hydrogen-bond acceptors (Lipinski definition) is 5. The van der Waals surface area contributed by atoms with Gasteiger partial charge in [-0.15, -0.1) is 0 Å². The van der Waals surface area contributed by atoms with E-state index >= 15 is 0 Å². The van der Waals surface area contributed by atoms with Crippen molar-refractivity contribution in [3.63, 3.8) is 0 Å². The van der Waals surface area contributed by atoms with Crippen molar-refractivity contribution >= 4 is 16.8 Å². The van der Waals surface area contributed by atoms with Crippen LogP contribution in [0.5, 0.6) is 11.5 Å². The van der Waals surface area contributed by atoms with Crippen LogP contribution in [0.1, 0.15) is 30.0 Å². The number of rotatable bonds is 7. The average molecular weight is 411 g/mol. The third-order valence-corrected chi connectivity index (χ3v) is 4.52. The fourth-order valence-electron chi connectivity index (χ4n) is 2.74. The number of nitrogens with zero attached hydrogens (tertiary/aromatic N) is 1. The van der Waals surface area contributed by atoms with Crippen LogP contribution in [0.25, 0.3) is 10.9 Å². The molecule has 3 aromatic rings. The van der Waals surface area contributed by atoms with Crippen molar-refractivity contribution in [2.45, 2.75) is 20.4 Å². The zero-order valence-corrected chi connectivity index (χ0v) is 16.9. The second kappa shape index (κ2) is 9.21. The van der Waals surface area contributed by atoms with E-state index in [0.717, 1.165) is 17.2 Å². The van der Waals surface area contributed by atoms with E-state index in [0.29, 0.717) is 5.75 Å². The van der Waals surface area contributed by atoms with Crippen molar-refractivity contribution in [2.24, 2.45) is 0 Å². The lowest BCUT2D eigenvalue weighted by Crippen LogP contribution is -2.27. The number of methoxy groups -OCH3 is 1. The Kier molecular flexibility index (Phi) is 6.46. The summed E-state index contributed by atoms with van der Waals surface area (Å²) in [6, 6.07) is 9.72. The van der Waals surface area contributed by atoms with Crippen molar-refractivity contribution in [2.75, 3.05) is 13.7 Å². The van der Waals surface area contributed by atoms with E-state index in [-0.39, 0.29) is 35.6 Å². The van der Waals surface area contributed by atoms with Crippen LogP contribution in [0, 0.1) is 5.82 Å². The Morgan fingerprint density at radius 1 is 1.30 bits per heavy atom. The molecule has 0 atom stereocenters. The highest BCUT2D eigenvalue weighted by Gasteiger charge is 2.17. The summed E-state index contributed by atoms with van der Waals surface area (Å²) in [7, 11) is 1.56. The lowest BCUT2D eigenvalue weighted by atomic mass is 10.2. The van der Waals surface area contributed by atoms with Crippen LogP contribution in [0.3, 0.4) is 0 Å². The molecule has 8 heteroatoms. The van der Waals surface area contributed by atoms with Gasteiger partial charge in [0.1, 0.15) is 17.7 Å². The van der Waals surface area contributed by atoms with Crippen LogP contribution >= 0.6 is 0 Å². The second-order valence-corrected chi connectivity index (χ2v) is 6.64. The molecule has 30 heavy (non-hydrogen) atoms. The number of nitrogens with one attached hydrogen (secondary N) is 2. The zero-order chi connectivity index (χ0) is 21.7. The molecule has 0 radical (unpaired) electrons. The molecule has 1 aromatic heterocycles. The number of carbonyl (C=O) groups is 1. The van der Waals surface area contributed by atoms with Crippen LogP contribution in [0.15, 0.2) is 52.8 Å². The maximum absolute atomic E-state index is 14.3. The lowest BCUT2D eigenvalue weighted by molar-refractivity contribution is 0.0940. The summed E-state index contributed by atoms with van der Waals surface area (Å²) in [5.74, 6) is -0.924. The van der Waals surface area contributed by atoms with Gasteiger partial charge in [0.15, 0.2) is 17.4 Å². The molecule has 0 fully saturated rings. The number of ether oxygens (including phenoxy) is 2. The number of halogens is 1. The number of allylic oxidation sites excluding steroid dienone is 1. The van der Waals surface area contributed by atoms with E-state index in [1.54, 1.807) is 19.2 Å². The van der Waals surface area contributed by atoms with Crippen LogP contribution in [0.4, 0.5) is 4.39 Å². The SMILES string of the molecule is C/C=C(\C)COc1c(F)ccc2nc(C(=O)NCc3cccc(OC)c3)[nH]c(=O)c12. The summed E-state index contributed by atoms with van der Waals surface area (Å²) in [4.78, 5) is 31.7. The first kappa shape index (κ1) is 21.0. The van der Waals surface area contributed by atoms with Gasteiger partial charge in [0.05, 0.1) is 12.6 Å². The van der Waals surface area contributed by atoms with Crippen LogP contribution < -0.4 is 20.3 Å². The zero-order valence-electron chi connectivity index (χ0n) is 16.9. The van der Waals surface area contributed by atoms with E-state index < -0.39 is 17.3 Å². The predicted molar refractivity (Wildman–Crippen MR) is 111 cm³/mol. The maximum Gasteiger partial charge on any atom is 0.287 e. The minimum atomic E-state index is -0.672. The average Bonchev–Trinajstić information content (AvgIpc) is 2.76. The van der Waals surface area contributed by atoms with E-state index in [4.69, 9.17) is 9.47 Å². The third kappa shape index (κ3) is 4.65. The molecule has 0 aliphatic carbocycles. The molecule has 3 rings (SSSR count). The van der Waals surface area contributed by atoms with Gasteiger partial charge >= 0.3 is 0 Å². The Morgan fingerprint density at radius 3 is 2.83 bits per heavy atom. The summed E-state index contributed by atoms with van der Waals surface area (Å²) in [5, 5.41) is 2.65. The Labute approximate surface area is 172 Å². The maximum atomic E-state index is 14.3. The minimum Gasteiger partial charge on any atom is -0.497 e. The third-order valence-electron chi connectivity index (χ3n) is 4.52. The van der Waals surface area contributed by atoms with Crippen molar-refractivity contribution in [1.82, 2.24) is 15.3 Å². The van der Waals surface area contributed by atoms with Crippen LogP contribution in [-0.2, 0) is 6.54 Å². The van der Waals surface area contributed by atoms with E-state index in [9.17, 15) is 14.0 Å². The molecule has 0 saturated heterocycles. The van der Waals surface area contributed by atoms with Crippen LogP contribution in [-0.4, -0.2) is 29.6 Å². The molecule has 0 aliphatic heterocycles. The lowest BCUT2D eigenvalue weighted by Gasteiger charge is -2.11. The number of H-pyrrole nitrogens is 1. The van der Waals surface area contributed by atoms with E-state index in [1.165, 1.54) is 6.07 Å². The number of amides is 1. The van der Waals surface area contributed by atoms with Gasteiger partial charge in [0, 0.05) is 6.54 Å². The van der Waals surface area contributed by atoms with Gasteiger partial charge in [-0.2, -0.15) is 0 Å². The molecule has 2 N–H and O–H groups in total. The first-order chi connectivity index (χ1) is 14.4. The molecule has 1 amide bonds. The van der Waals surface area contributed by atoms with Crippen molar-refractivity contribution in [3.8, 4) is 11.5 Å². The van der Waals surface area contributed by atoms with Gasteiger partial charge in [-0.1, -0.05) is 18.2 Å². The molecule has 0 aliphatic rings. The van der Waals surface area contributed by atoms with Gasteiger partial charge < -0.3 is 19.8 Å². The Hall–Kier alpha value is -3.68. The highest BCUT2D eigenvalue weighted by molar-refractivity contribution is 5.93. The summed E-state index contributed by atoms with van der Waals surface area (Å²) in [6.45, 7) is 4.02. The molecule has 156 valence electrons. The smallest absolute Gasteiger partial charge is 0.287 e. The van der Waals surface area contributed by atoms with Gasteiger partial charge in [-0.05, 0) is 49.2 Å². The number of benzene rings is 2. The summed E-state index contributed by atoms with van der Waals surface area (Å²) in [5.41, 5.74) is 1.21. The number of fused-ring (bicyclic) bond motifs is 1. The molecule has 7 nitrogen and oxygen atoms in total. The van der Waals surface area contributed by atoms with Gasteiger partial charge in [0.25, 0.3) is 11.5 Å². The van der Waals surface area contributed by atoms with Gasteiger partial charge in [-0.25, -0.2) is 9.37 Å². The first-order valence-corrected chi connectivity index (χ1v) is 9.31. The molecular formula is C22H22FN3O4. The van der Waals surface area contributed by atoms with Crippen molar-refractivity contribution in [3.05, 3.63) is 75.6 Å². The topological polar surface area (TPSA) is 93.3 Å². The summed E-state index contributed by atoms with van der Waals surface area (Å²) < 4.78 is 24.9. The molecule has 2 aromatic carbocycles. The Bertz CT molecular complexity index is 1170. The monoisotopic (exact) mass is 411 g/mol. The molecule has 0 saturated carbocycles. The normalized spacial score (nSPS) is 11.4. The van der Waals surface area contributed by atoms with Crippen molar-refractivity contribution < 1.29 is 18.7 Å². The quantitative estimate of drug-likeness (QED) is 0.582. The number of carbonyl (C=O) groups excluding carboxylic acids is 1. The minimum absolute atomic E-state index is 0.0387. The van der Waals surface area contributed by atoms with Crippen molar-refractivity contribution in [1.29, 1.82) is 0 Å². The standard InChI is InChI=1S/C22H22FN3O4/c1-4-13(2)12-30-19-16(23)8-9-17-18(19)21(27)26-20(25-17)22(28)24-11-14-6-5-7-15(10-14)29-3/h4-10H,11-12H2,1-3H3,(H,24,28)(H,25,26,27)/b13-4+. The first-order valence-electron chi connectivity index (χ1n) is 9.31. The molecule has 0 spiro atoms. The highest BCUT2D eigenvalue weighted by atomic mass is 19.1. The second-order valence-electron chi connectivity index (χ2n) is 6.64. The number of aromatic nitrogens is 2. The predicted octanol–water partition coefficient (Wildman–Crippen LogP) is 3.35. The fraction of sp³-hybridized carbons (Fsp3) is 0.227. The van der Waals surface area contributed by atoms with Crippen LogP contribution in [0.2, 0.25) is 0 Å². The molecule has 0 unspecified atom stereocenters. The largest absolute Gasteiger partial charge is 0.497 e. The van der Waals surface area contributed by atoms with Gasteiger partial charge in [0.2, 0.25) is 0 Å². The fourth-order valence-corrected chi connectivity index (χ4v) is 2.74. The number of hydrogen-bond donors (Lipinski definition) is 2. The number of aromatic amines is 1. The molecule has 0 bridgehead atoms. The molecule has 1 heterocycles. The van der Waals surface area contributed by atoms with Gasteiger partial charge in [-0.3, -0.25) is 9.59 Å². The molecular weight excluding hydrogens is 389 g/mol. The van der Waals surface area contributed by atoms with E-state index in [2.05, 4.69) is 15.3 Å².